The Morgan fingerprint density at radius 1 is 1.05 bits per heavy atom. The Hall–Kier alpha value is -1.22. The highest BCUT2D eigenvalue weighted by Gasteiger charge is 2.24. The van der Waals surface area contributed by atoms with Crippen LogP contribution in [-0.2, 0) is 9.59 Å². The van der Waals surface area contributed by atoms with Gasteiger partial charge in [0.05, 0.1) is 0 Å². The number of hydrogen-bond donors (Lipinski definition) is 5. The summed E-state index contributed by atoms with van der Waals surface area (Å²) in [5.74, 6) is -1.77. The number of nitrogens with two attached hydrogens (primary N) is 1. The topological polar surface area (TPSA) is 128 Å². The number of hydrogen-bond acceptors (Lipinski definition) is 6. The fourth-order valence-corrected chi connectivity index (χ4v) is 1.89. The van der Waals surface area contributed by atoms with Crippen molar-refractivity contribution in [2.24, 2.45) is 5.73 Å². The first-order valence-electron chi connectivity index (χ1n) is 6.65. The molecule has 6 N–H and O–H groups in total. The average Bonchev–Trinajstić information content (AvgIpc) is 2.43. The van der Waals surface area contributed by atoms with Crippen LogP contribution in [0, 0.1) is 0 Å². The number of nitrogens with one attached hydrogen (secondary N) is 2. The van der Waals surface area contributed by atoms with Crippen molar-refractivity contribution < 1.29 is 19.8 Å². The van der Waals surface area contributed by atoms with Gasteiger partial charge in [0.1, 0.15) is 0 Å². The maximum Gasteiger partial charge on any atom is 0.311 e. The van der Waals surface area contributed by atoms with Gasteiger partial charge in [-0.15, -0.1) is 0 Å². The summed E-state index contributed by atoms with van der Waals surface area (Å²) in [5.41, 5.74) is 5.05. The van der Waals surface area contributed by atoms with Crippen LogP contribution in [0.2, 0.25) is 0 Å². The Labute approximate surface area is 119 Å². The zero-order valence-corrected chi connectivity index (χ0v) is 12.1. The van der Waals surface area contributed by atoms with E-state index in [1.165, 1.54) is 4.90 Å². The summed E-state index contributed by atoms with van der Waals surface area (Å²) in [6.45, 7) is 0.497. The summed E-state index contributed by atoms with van der Waals surface area (Å²) in [5, 5.41) is 23.9. The summed E-state index contributed by atoms with van der Waals surface area (Å²) < 4.78 is 0. The Bertz CT molecular complexity index is 285. The molecule has 0 aromatic heterocycles. The molecule has 0 spiro atoms. The Balaban J connectivity index is 4.79. The van der Waals surface area contributed by atoms with Crippen LogP contribution < -0.4 is 16.4 Å². The van der Waals surface area contributed by atoms with Gasteiger partial charge in [-0.3, -0.25) is 9.59 Å². The second kappa shape index (κ2) is 10.6. The van der Waals surface area contributed by atoms with Crippen LogP contribution in [0.4, 0.5) is 0 Å². The monoisotopic (exact) mass is 290 g/mol. The molecule has 0 heterocycles. The zero-order chi connectivity index (χ0) is 15.5. The van der Waals surface area contributed by atoms with Gasteiger partial charge in [0.2, 0.25) is 0 Å². The molecule has 0 aromatic carbocycles. The summed E-state index contributed by atoms with van der Waals surface area (Å²) in [6, 6.07) is -0.259. The molecule has 0 aliphatic rings. The predicted octanol–water partition coefficient (Wildman–Crippen LogP) is -2.76. The van der Waals surface area contributed by atoms with Gasteiger partial charge >= 0.3 is 11.8 Å². The molecule has 8 nitrogen and oxygen atoms in total. The minimum Gasteiger partial charge on any atom is -0.396 e. The number of aliphatic hydroxyl groups is 2. The lowest BCUT2D eigenvalue weighted by atomic mass is 10.1. The Kier molecular flexibility index (Phi) is 9.91. The maximum atomic E-state index is 11.8. The minimum absolute atomic E-state index is 0.0177. The van der Waals surface area contributed by atoms with E-state index in [1.807, 2.05) is 0 Å². The van der Waals surface area contributed by atoms with Gasteiger partial charge in [0, 0.05) is 38.4 Å². The summed E-state index contributed by atoms with van der Waals surface area (Å²) >= 11 is 0. The smallest absolute Gasteiger partial charge is 0.311 e. The number of carbonyl (C=O) groups is 2. The lowest BCUT2D eigenvalue weighted by molar-refractivity contribution is -0.144. The van der Waals surface area contributed by atoms with E-state index in [2.05, 4.69) is 10.6 Å². The summed E-state index contributed by atoms with van der Waals surface area (Å²) in [6.07, 6.45) is 0.923. The van der Waals surface area contributed by atoms with Crippen LogP contribution in [0.25, 0.3) is 0 Å². The number of primary amides is 1. The van der Waals surface area contributed by atoms with Crippen LogP contribution in [0.3, 0.4) is 0 Å². The molecule has 0 aromatic rings. The predicted molar refractivity (Wildman–Crippen MR) is 74.9 cm³/mol. The first-order chi connectivity index (χ1) is 9.49. The lowest BCUT2D eigenvalue weighted by Gasteiger charge is -2.29. The van der Waals surface area contributed by atoms with Gasteiger partial charge in [-0.1, -0.05) is 0 Å². The number of amides is 2. The van der Waals surface area contributed by atoms with Crippen molar-refractivity contribution in [1.82, 2.24) is 15.5 Å². The highest BCUT2D eigenvalue weighted by Crippen LogP contribution is 2.02. The molecular weight excluding hydrogens is 264 g/mol. The zero-order valence-electron chi connectivity index (χ0n) is 12.1. The standard InChI is InChI=1S/C12H26N4O4/c1-14-9(3-5-17)7-16(12(20)11(13)19)8-10(15-2)4-6-18/h9-10,14-15,17-18H,3-8H2,1-2H3,(H2,13,19). The van der Waals surface area contributed by atoms with Gasteiger partial charge < -0.3 is 31.5 Å². The number of rotatable bonds is 10. The van der Waals surface area contributed by atoms with E-state index in [0.717, 1.165) is 0 Å². The van der Waals surface area contributed by atoms with E-state index in [0.29, 0.717) is 12.8 Å². The van der Waals surface area contributed by atoms with E-state index in [4.69, 9.17) is 15.9 Å². The fourth-order valence-electron chi connectivity index (χ4n) is 1.89. The molecule has 0 aliphatic carbocycles. The van der Waals surface area contributed by atoms with Crippen LogP contribution >= 0.6 is 0 Å². The van der Waals surface area contributed by atoms with E-state index < -0.39 is 11.8 Å². The van der Waals surface area contributed by atoms with E-state index >= 15 is 0 Å². The number of likely N-dealkylation sites (N-methyl/N-ethyl adjacent to an activating group) is 2. The molecule has 118 valence electrons. The molecule has 2 unspecified atom stereocenters. The van der Waals surface area contributed by atoms with Crippen molar-refractivity contribution in [2.45, 2.75) is 24.9 Å². The molecule has 8 heteroatoms. The second-order valence-electron chi connectivity index (χ2n) is 4.57. The van der Waals surface area contributed by atoms with Gasteiger partial charge in [-0.25, -0.2) is 0 Å². The normalized spacial score (nSPS) is 13.8. The van der Waals surface area contributed by atoms with E-state index in [-0.39, 0.29) is 38.4 Å². The highest BCUT2D eigenvalue weighted by atomic mass is 16.3. The molecule has 0 fully saturated rings. The quantitative estimate of drug-likeness (QED) is 0.277. The van der Waals surface area contributed by atoms with Crippen LogP contribution in [0.5, 0.6) is 0 Å². The van der Waals surface area contributed by atoms with Crippen LogP contribution in [0.15, 0.2) is 0 Å². The highest BCUT2D eigenvalue weighted by molar-refractivity contribution is 6.34. The first kappa shape index (κ1) is 18.8. The van der Waals surface area contributed by atoms with Crippen molar-refractivity contribution >= 4 is 11.8 Å². The maximum absolute atomic E-state index is 11.8. The third kappa shape index (κ3) is 6.80. The number of nitrogens with zero attached hydrogens (tertiary/aromatic N) is 1. The van der Waals surface area contributed by atoms with E-state index in [1.54, 1.807) is 14.1 Å². The fraction of sp³-hybridized carbons (Fsp3) is 0.833. The molecule has 0 radical (unpaired) electrons. The largest absolute Gasteiger partial charge is 0.396 e. The Morgan fingerprint density at radius 3 is 1.70 bits per heavy atom. The Morgan fingerprint density at radius 2 is 1.45 bits per heavy atom. The molecule has 0 saturated heterocycles. The van der Waals surface area contributed by atoms with Gasteiger partial charge in [-0.05, 0) is 26.9 Å². The van der Waals surface area contributed by atoms with Crippen LogP contribution in [-0.4, -0.2) is 79.4 Å². The van der Waals surface area contributed by atoms with Gasteiger partial charge in [0.15, 0.2) is 0 Å². The minimum atomic E-state index is -1.01. The lowest BCUT2D eigenvalue weighted by Crippen LogP contribution is -2.51. The molecular formula is C12H26N4O4. The van der Waals surface area contributed by atoms with Crippen molar-refractivity contribution in [3.05, 3.63) is 0 Å². The molecule has 2 amide bonds. The first-order valence-corrected chi connectivity index (χ1v) is 6.65. The van der Waals surface area contributed by atoms with Crippen molar-refractivity contribution in [2.75, 3.05) is 40.4 Å². The van der Waals surface area contributed by atoms with Crippen molar-refractivity contribution in [1.29, 1.82) is 0 Å². The molecule has 0 rings (SSSR count). The van der Waals surface area contributed by atoms with Crippen molar-refractivity contribution in [3.63, 3.8) is 0 Å². The summed E-state index contributed by atoms with van der Waals surface area (Å²) in [7, 11) is 3.44. The van der Waals surface area contributed by atoms with Gasteiger partial charge in [-0.2, -0.15) is 0 Å². The molecule has 0 saturated carbocycles. The van der Waals surface area contributed by atoms with Crippen LogP contribution in [0.1, 0.15) is 12.8 Å². The third-order valence-corrected chi connectivity index (χ3v) is 3.15. The van der Waals surface area contributed by atoms with Crippen molar-refractivity contribution in [3.8, 4) is 0 Å². The summed E-state index contributed by atoms with van der Waals surface area (Å²) in [4.78, 5) is 24.3. The SMILES string of the molecule is CNC(CCO)CN(CC(CCO)NC)C(=O)C(N)=O. The van der Waals surface area contributed by atoms with E-state index in [9.17, 15) is 9.59 Å². The molecule has 2 atom stereocenters. The molecule has 20 heavy (non-hydrogen) atoms. The second-order valence-corrected chi connectivity index (χ2v) is 4.57. The third-order valence-electron chi connectivity index (χ3n) is 3.15. The molecule has 0 bridgehead atoms. The number of carbonyl (C=O) groups excluding carboxylic acids is 2. The van der Waals surface area contributed by atoms with Gasteiger partial charge in [0.25, 0.3) is 0 Å². The molecule has 0 aliphatic heterocycles. The number of aliphatic hydroxyl groups excluding tert-OH is 2. The average molecular weight is 290 g/mol.